The predicted molar refractivity (Wildman–Crippen MR) is 329 cm³/mol. The van der Waals surface area contributed by atoms with Crippen LogP contribution in [-0.4, -0.2) is 14.1 Å². The van der Waals surface area contributed by atoms with Crippen LogP contribution in [0.15, 0.2) is 164 Å². The van der Waals surface area contributed by atoms with Crippen LogP contribution in [-0.2, 0) is 48.1 Å². The number of imidazole rings is 1. The molecule has 0 fully saturated rings. The van der Waals surface area contributed by atoms with Crippen molar-refractivity contribution in [3.05, 3.63) is 210 Å². The molecule has 0 saturated heterocycles. The van der Waals surface area contributed by atoms with Gasteiger partial charge in [-0.05, 0) is 135 Å². The molecule has 0 saturated carbocycles. The topological polar surface area (TPSA) is 35.9 Å². The van der Waals surface area contributed by atoms with Crippen molar-refractivity contribution in [3.63, 3.8) is 0 Å². The average Bonchev–Trinajstić information content (AvgIpc) is 4.18. The molecule has 3 aromatic heterocycles. The van der Waals surface area contributed by atoms with Crippen LogP contribution in [0.5, 0.6) is 11.5 Å². The van der Waals surface area contributed by atoms with Crippen molar-refractivity contribution in [1.29, 1.82) is 0 Å². The summed E-state index contributed by atoms with van der Waals surface area (Å²) in [5, 5.41) is 2.22. The van der Waals surface area contributed by atoms with E-state index in [2.05, 4.69) is 282 Å². The van der Waals surface area contributed by atoms with Gasteiger partial charge in [-0.2, -0.15) is 18.2 Å². The minimum absolute atomic E-state index is 0. The van der Waals surface area contributed by atoms with Crippen molar-refractivity contribution in [1.82, 2.24) is 14.1 Å². The van der Waals surface area contributed by atoms with E-state index in [1.165, 1.54) is 55.6 Å². The fourth-order valence-corrected chi connectivity index (χ4v) is 11.5. The fraction of sp³-hybridized carbons (Fsp3) is 0.270. The van der Waals surface area contributed by atoms with Gasteiger partial charge in [-0.3, -0.25) is 4.57 Å². The van der Waals surface area contributed by atoms with Crippen LogP contribution in [0.4, 0.5) is 0 Å². The number of nitrogens with zero attached hydrogens (tertiary/aromatic N) is 4. The molecule has 0 atom stereocenters. The maximum absolute atomic E-state index is 6.91. The molecule has 0 radical (unpaired) electrons. The van der Waals surface area contributed by atoms with Gasteiger partial charge in [0.05, 0.1) is 16.7 Å². The third kappa shape index (κ3) is 9.64. The molecule has 1 aliphatic rings. The van der Waals surface area contributed by atoms with E-state index in [4.69, 9.17) is 9.72 Å². The van der Waals surface area contributed by atoms with Gasteiger partial charge in [-0.15, -0.1) is 29.7 Å². The quantitative estimate of drug-likeness (QED) is 0.127. The smallest absolute Gasteiger partial charge is 0.268 e. The van der Waals surface area contributed by atoms with Gasteiger partial charge in [0, 0.05) is 44.3 Å². The summed E-state index contributed by atoms with van der Waals surface area (Å²) in [4.78, 5) is 4.93. The number of hydrogen-bond donors (Lipinski definition) is 0. The van der Waals surface area contributed by atoms with Gasteiger partial charge in [0.25, 0.3) is 6.33 Å². The monoisotopic (exact) mass is 1230 g/mol. The zero-order valence-corrected chi connectivity index (χ0v) is 51.4. The van der Waals surface area contributed by atoms with E-state index in [9.17, 15) is 0 Å². The molecule has 0 aliphatic carbocycles. The Kier molecular flexibility index (Phi) is 13.3. The Bertz CT molecular complexity index is 4210. The van der Waals surface area contributed by atoms with Crippen LogP contribution in [0.1, 0.15) is 132 Å². The molecule has 5 nitrogen and oxygen atoms in total. The van der Waals surface area contributed by atoms with Crippen molar-refractivity contribution in [2.75, 3.05) is 0 Å². The van der Waals surface area contributed by atoms with Gasteiger partial charge < -0.3 is 13.9 Å². The van der Waals surface area contributed by atoms with Crippen LogP contribution >= 0.6 is 0 Å². The summed E-state index contributed by atoms with van der Waals surface area (Å²) in [6, 6.07) is 65.6. The van der Waals surface area contributed by atoms with Crippen molar-refractivity contribution < 1.29 is 30.4 Å². The van der Waals surface area contributed by atoms with Crippen molar-refractivity contribution in [3.8, 4) is 73.2 Å². The van der Waals surface area contributed by atoms with E-state index in [0.29, 0.717) is 11.5 Å². The fourth-order valence-electron chi connectivity index (χ4n) is 11.5. The van der Waals surface area contributed by atoms with E-state index in [0.717, 1.165) is 66.7 Å². The molecule has 80 heavy (non-hydrogen) atoms. The molecule has 8 aromatic carbocycles. The number of aromatic nitrogens is 4. The average molecular weight is 1230 g/mol. The normalized spacial score (nSPS) is 12.8. The summed E-state index contributed by atoms with van der Waals surface area (Å²) in [6.45, 7) is 34.6. The Balaban J connectivity index is 0.00000675. The summed E-state index contributed by atoms with van der Waals surface area (Å²) < 4.78 is 13.7. The van der Waals surface area contributed by atoms with Crippen LogP contribution in [0, 0.1) is 18.5 Å². The van der Waals surface area contributed by atoms with Gasteiger partial charge in [-0.25, -0.2) is 4.98 Å². The molecular formula is C74H72N4OPt-2. The number of hydrogen-bond acceptors (Lipinski definition) is 2. The first-order chi connectivity index (χ1) is 37.3. The van der Waals surface area contributed by atoms with Gasteiger partial charge in [-0.1, -0.05) is 213 Å². The molecule has 11 aromatic rings. The third-order valence-corrected chi connectivity index (χ3v) is 16.1. The standard InChI is InChI=1S/C74H72N4O.Pt/c1-70(2,3)48-33-34-75-67(42-48)78-64-30-21-20-29-59(64)60-32-31-54(44-65(60)78)79-53-24-22-23-52(43-53)76-45-77-68-62(40-51(73(10,11)12)41-63(68)74(13,14)15)58-28-19-17-26-56(58)55-25-16-18-27-57(55)61-37-47(38-66(76)69(61)77)46-35-49(71(4,5)6)39-50(36-46)72(7,8)9;/h16-42H,1-15H3;/q-2;. The van der Waals surface area contributed by atoms with Gasteiger partial charge in [0.1, 0.15) is 5.82 Å². The minimum Gasteiger partial charge on any atom is -0.510 e. The van der Waals surface area contributed by atoms with E-state index in [1.54, 1.807) is 0 Å². The Morgan fingerprint density at radius 3 is 1.62 bits per heavy atom. The van der Waals surface area contributed by atoms with Crippen LogP contribution in [0.2, 0.25) is 0 Å². The SMILES string of the molecule is CC(C)(C)c1cc(-c2cc3c4c(c2)n(-c2[c-]c(Oc5[c-]c6c(cc5)c5ccccc5n6-c5cc(C(C)(C)C)ccn5)ccc2)[c-][n+]4-c2c(cc(C(C)(C)C)cc2C(C)(C)C)-c2ccccc2-c2ccccc2-3)cc(C(C)(C)C)c1.[Pt]. The van der Waals surface area contributed by atoms with E-state index < -0.39 is 0 Å². The number of fused-ring (bicyclic) bond motifs is 10. The maximum Gasteiger partial charge on any atom is 0.268 e. The third-order valence-electron chi connectivity index (χ3n) is 16.1. The number of ether oxygens (including phenoxy) is 1. The van der Waals surface area contributed by atoms with Crippen molar-refractivity contribution >= 4 is 32.8 Å². The first-order valence-electron chi connectivity index (χ1n) is 28.0. The maximum atomic E-state index is 6.91. The molecule has 0 N–H and O–H groups in total. The summed E-state index contributed by atoms with van der Waals surface area (Å²) in [6.07, 6.45) is 5.99. The molecule has 0 spiro atoms. The molecule has 406 valence electrons. The second-order valence-electron chi connectivity index (χ2n) is 27.1. The van der Waals surface area contributed by atoms with E-state index in [1.807, 2.05) is 18.3 Å². The van der Waals surface area contributed by atoms with Crippen LogP contribution < -0.4 is 9.30 Å². The van der Waals surface area contributed by atoms with Gasteiger partial charge in [0.15, 0.2) is 0 Å². The number of para-hydroxylation sites is 1. The molecule has 0 unspecified atom stereocenters. The second-order valence-corrected chi connectivity index (χ2v) is 27.1. The van der Waals surface area contributed by atoms with Crippen molar-refractivity contribution in [2.45, 2.75) is 131 Å². The molecular weight excluding hydrogens is 1160 g/mol. The summed E-state index contributed by atoms with van der Waals surface area (Å²) in [7, 11) is 0. The molecule has 6 heteroatoms. The molecule has 0 amide bonds. The second kappa shape index (κ2) is 19.4. The summed E-state index contributed by atoms with van der Waals surface area (Å²) >= 11 is 0. The van der Waals surface area contributed by atoms with E-state index >= 15 is 0 Å². The largest absolute Gasteiger partial charge is 0.510 e. The Morgan fingerprint density at radius 1 is 0.438 bits per heavy atom. The number of rotatable bonds is 5. The zero-order chi connectivity index (χ0) is 55.7. The first kappa shape index (κ1) is 54.6. The van der Waals surface area contributed by atoms with Crippen LogP contribution in [0.25, 0.3) is 94.5 Å². The molecule has 12 rings (SSSR count). The van der Waals surface area contributed by atoms with E-state index in [-0.39, 0.29) is 48.1 Å². The molecule has 0 bridgehead atoms. The Labute approximate surface area is 488 Å². The summed E-state index contributed by atoms with van der Waals surface area (Å²) in [5.41, 5.74) is 21.2. The van der Waals surface area contributed by atoms with Gasteiger partial charge in [0.2, 0.25) is 0 Å². The first-order valence-corrected chi connectivity index (χ1v) is 28.0. The number of benzene rings is 8. The molecule has 1 aliphatic heterocycles. The summed E-state index contributed by atoms with van der Waals surface area (Å²) in [5.74, 6) is 2.00. The zero-order valence-electron chi connectivity index (χ0n) is 49.1. The van der Waals surface area contributed by atoms with Gasteiger partial charge >= 0.3 is 0 Å². The number of pyridine rings is 1. The Morgan fingerprint density at radius 2 is 1.00 bits per heavy atom. The minimum atomic E-state index is -0.248. The predicted octanol–water partition coefficient (Wildman–Crippen LogP) is 19.1. The van der Waals surface area contributed by atoms with Crippen LogP contribution in [0.3, 0.4) is 0 Å². The Hall–Kier alpha value is -7.33. The van der Waals surface area contributed by atoms with Crippen molar-refractivity contribution in [2.24, 2.45) is 0 Å². The molecule has 4 heterocycles.